The molecule has 0 radical (unpaired) electrons. The molecule has 0 amide bonds. The molecule has 1 aromatic heterocycles. The summed E-state index contributed by atoms with van der Waals surface area (Å²) in [5, 5.41) is 3.47. The highest BCUT2D eigenvalue weighted by molar-refractivity contribution is 5.36. The van der Waals surface area contributed by atoms with Crippen LogP contribution < -0.4 is 5.32 Å². The number of hydrogen-bond donors (Lipinski definition) is 1. The molecule has 1 unspecified atom stereocenters. The molecule has 1 aromatic rings. The maximum atomic E-state index is 4.27. The Kier molecular flexibility index (Phi) is 5.23. The molecule has 1 atom stereocenters. The topological polar surface area (TPSA) is 37.8 Å². The minimum absolute atomic E-state index is 0.454. The third-order valence-electron chi connectivity index (χ3n) is 2.76. The second kappa shape index (κ2) is 6.46. The highest BCUT2D eigenvalue weighted by Crippen LogP contribution is 2.15. The summed E-state index contributed by atoms with van der Waals surface area (Å²) in [7, 11) is 0. The second-order valence-electron chi connectivity index (χ2n) is 4.52. The van der Waals surface area contributed by atoms with Gasteiger partial charge in [-0.1, -0.05) is 34.1 Å². The third kappa shape index (κ3) is 3.80. The van der Waals surface area contributed by atoms with Crippen molar-refractivity contribution in [3.8, 4) is 0 Å². The van der Waals surface area contributed by atoms with Crippen LogP contribution in [0.3, 0.4) is 0 Å². The Bertz CT molecular complexity index is 310. The molecular formula is C13H23N3. The predicted molar refractivity (Wildman–Crippen MR) is 68.7 cm³/mol. The van der Waals surface area contributed by atoms with Crippen LogP contribution in [0.4, 0.5) is 5.82 Å². The monoisotopic (exact) mass is 221 g/mol. The lowest BCUT2D eigenvalue weighted by Crippen LogP contribution is -2.19. The van der Waals surface area contributed by atoms with E-state index in [0.717, 1.165) is 17.9 Å². The Balaban J connectivity index is 2.68. The zero-order valence-corrected chi connectivity index (χ0v) is 10.8. The Labute approximate surface area is 98.7 Å². The summed E-state index contributed by atoms with van der Waals surface area (Å²) in [5.74, 6) is 1.41. The number of aromatic nitrogens is 2. The van der Waals surface area contributed by atoms with Crippen LogP contribution >= 0.6 is 0 Å². The predicted octanol–water partition coefficient (Wildman–Crippen LogP) is 3.59. The summed E-state index contributed by atoms with van der Waals surface area (Å²) in [6, 6.07) is 2.59. The maximum absolute atomic E-state index is 4.27. The third-order valence-corrected chi connectivity index (χ3v) is 2.76. The van der Waals surface area contributed by atoms with Crippen LogP contribution in [0.15, 0.2) is 12.4 Å². The molecular weight excluding hydrogens is 198 g/mol. The van der Waals surface area contributed by atoms with Gasteiger partial charge in [-0.3, -0.25) is 0 Å². The van der Waals surface area contributed by atoms with E-state index in [1.54, 1.807) is 6.33 Å². The second-order valence-corrected chi connectivity index (χ2v) is 4.52. The van der Waals surface area contributed by atoms with Gasteiger partial charge in [0.15, 0.2) is 0 Å². The van der Waals surface area contributed by atoms with Crippen molar-refractivity contribution in [2.45, 2.75) is 58.9 Å². The number of rotatable bonds is 6. The molecule has 1 heterocycles. The molecule has 1 N–H and O–H groups in total. The molecule has 0 bridgehead atoms. The molecule has 0 aliphatic carbocycles. The van der Waals surface area contributed by atoms with Gasteiger partial charge in [0.05, 0.1) is 0 Å². The van der Waals surface area contributed by atoms with Gasteiger partial charge in [0.25, 0.3) is 0 Å². The van der Waals surface area contributed by atoms with E-state index in [1.807, 2.05) is 0 Å². The van der Waals surface area contributed by atoms with E-state index in [0.29, 0.717) is 12.0 Å². The van der Waals surface area contributed by atoms with Crippen molar-refractivity contribution in [2.75, 3.05) is 5.32 Å². The fourth-order valence-electron chi connectivity index (χ4n) is 1.70. The van der Waals surface area contributed by atoms with Gasteiger partial charge < -0.3 is 5.32 Å². The average molecular weight is 221 g/mol. The van der Waals surface area contributed by atoms with E-state index in [9.17, 15) is 0 Å². The lowest BCUT2D eigenvalue weighted by Gasteiger charge is -2.17. The normalized spacial score (nSPS) is 12.8. The van der Waals surface area contributed by atoms with Crippen molar-refractivity contribution in [1.29, 1.82) is 0 Å². The van der Waals surface area contributed by atoms with Gasteiger partial charge in [-0.2, -0.15) is 0 Å². The summed E-state index contributed by atoms with van der Waals surface area (Å²) >= 11 is 0. The van der Waals surface area contributed by atoms with Crippen molar-refractivity contribution in [1.82, 2.24) is 9.97 Å². The molecule has 3 nitrogen and oxygen atoms in total. The van der Waals surface area contributed by atoms with Crippen molar-refractivity contribution in [3.05, 3.63) is 18.1 Å². The van der Waals surface area contributed by atoms with Crippen LogP contribution in [0.5, 0.6) is 0 Å². The molecule has 1 rings (SSSR count). The van der Waals surface area contributed by atoms with Crippen LogP contribution in [0.25, 0.3) is 0 Å². The van der Waals surface area contributed by atoms with E-state index >= 15 is 0 Å². The lowest BCUT2D eigenvalue weighted by molar-refractivity contribution is 0.619. The van der Waals surface area contributed by atoms with Crippen molar-refractivity contribution < 1.29 is 0 Å². The van der Waals surface area contributed by atoms with E-state index < -0.39 is 0 Å². The van der Waals surface area contributed by atoms with Gasteiger partial charge in [-0.15, -0.1) is 0 Å². The van der Waals surface area contributed by atoms with E-state index in [-0.39, 0.29) is 0 Å². The maximum Gasteiger partial charge on any atom is 0.129 e. The molecule has 16 heavy (non-hydrogen) atoms. The van der Waals surface area contributed by atoms with Crippen LogP contribution in [-0.4, -0.2) is 16.0 Å². The molecule has 0 fully saturated rings. The highest BCUT2D eigenvalue weighted by Gasteiger charge is 2.07. The summed E-state index contributed by atoms with van der Waals surface area (Å²) in [5.41, 5.74) is 1.10. The largest absolute Gasteiger partial charge is 0.367 e. The Hall–Kier alpha value is -1.12. The summed E-state index contributed by atoms with van der Waals surface area (Å²) in [6.45, 7) is 8.71. The minimum Gasteiger partial charge on any atom is -0.367 e. The molecule has 0 aliphatic rings. The molecule has 3 heteroatoms. The zero-order chi connectivity index (χ0) is 12.0. The Morgan fingerprint density at radius 1 is 1.25 bits per heavy atom. The van der Waals surface area contributed by atoms with Gasteiger partial charge in [0, 0.05) is 17.8 Å². The van der Waals surface area contributed by atoms with Gasteiger partial charge in [0.2, 0.25) is 0 Å². The van der Waals surface area contributed by atoms with Gasteiger partial charge >= 0.3 is 0 Å². The molecule has 0 aliphatic heterocycles. The highest BCUT2D eigenvalue weighted by atomic mass is 15.0. The summed E-state index contributed by atoms with van der Waals surface area (Å²) < 4.78 is 0. The standard InChI is InChI=1S/C13H23N3/c1-5-7-11(6-2)16-13-8-12(10(3)4)14-9-15-13/h8-11H,5-7H2,1-4H3,(H,14,15,16). The molecule has 90 valence electrons. The first-order chi connectivity index (χ1) is 7.67. The van der Waals surface area contributed by atoms with E-state index in [4.69, 9.17) is 0 Å². The van der Waals surface area contributed by atoms with Gasteiger partial charge in [-0.25, -0.2) is 9.97 Å². The van der Waals surface area contributed by atoms with E-state index in [1.165, 1.54) is 12.8 Å². The van der Waals surface area contributed by atoms with Gasteiger partial charge in [-0.05, 0) is 18.8 Å². The van der Waals surface area contributed by atoms with Crippen molar-refractivity contribution in [2.24, 2.45) is 0 Å². The molecule has 0 aromatic carbocycles. The van der Waals surface area contributed by atoms with Crippen LogP contribution in [-0.2, 0) is 0 Å². The quantitative estimate of drug-likeness (QED) is 0.797. The first-order valence-electron chi connectivity index (χ1n) is 6.25. The van der Waals surface area contributed by atoms with E-state index in [2.05, 4.69) is 49.0 Å². The number of anilines is 1. The Morgan fingerprint density at radius 2 is 2.00 bits per heavy atom. The van der Waals surface area contributed by atoms with Crippen LogP contribution in [0.2, 0.25) is 0 Å². The fourth-order valence-corrected chi connectivity index (χ4v) is 1.70. The molecule has 0 spiro atoms. The van der Waals surface area contributed by atoms with Crippen molar-refractivity contribution >= 4 is 5.82 Å². The average Bonchev–Trinajstić information content (AvgIpc) is 2.29. The van der Waals surface area contributed by atoms with Gasteiger partial charge in [0.1, 0.15) is 12.1 Å². The molecule has 0 saturated heterocycles. The number of nitrogens with one attached hydrogen (secondary N) is 1. The SMILES string of the molecule is CCCC(CC)Nc1cc(C(C)C)ncn1. The first kappa shape index (κ1) is 12.9. The Morgan fingerprint density at radius 3 is 2.56 bits per heavy atom. The number of hydrogen-bond acceptors (Lipinski definition) is 3. The van der Waals surface area contributed by atoms with Crippen LogP contribution in [0.1, 0.15) is 58.6 Å². The summed E-state index contributed by atoms with van der Waals surface area (Å²) in [6.07, 6.45) is 5.18. The number of nitrogens with zero attached hydrogens (tertiary/aromatic N) is 2. The minimum atomic E-state index is 0.454. The smallest absolute Gasteiger partial charge is 0.129 e. The van der Waals surface area contributed by atoms with Crippen molar-refractivity contribution in [3.63, 3.8) is 0 Å². The van der Waals surface area contributed by atoms with Crippen LogP contribution in [0, 0.1) is 0 Å². The fraction of sp³-hybridized carbons (Fsp3) is 0.692. The lowest BCUT2D eigenvalue weighted by atomic mass is 10.1. The zero-order valence-electron chi connectivity index (χ0n) is 10.8. The molecule has 0 saturated carbocycles. The summed E-state index contributed by atoms with van der Waals surface area (Å²) in [4.78, 5) is 8.54. The first-order valence-corrected chi connectivity index (χ1v) is 6.25.